The quantitative estimate of drug-likeness (QED) is 0.842. The van der Waals surface area contributed by atoms with Crippen LogP contribution in [0.15, 0.2) is 24.3 Å². The van der Waals surface area contributed by atoms with Gasteiger partial charge in [0, 0.05) is 18.8 Å². The highest BCUT2D eigenvalue weighted by Gasteiger charge is 2.44. The second kappa shape index (κ2) is 4.93. The van der Waals surface area contributed by atoms with Gasteiger partial charge in [0.2, 0.25) is 5.91 Å². The lowest BCUT2D eigenvalue weighted by atomic mass is 9.73. The zero-order valence-electron chi connectivity index (χ0n) is 11.0. The van der Waals surface area contributed by atoms with Crippen LogP contribution in [0.1, 0.15) is 25.7 Å². The number of anilines is 1. The monoisotopic (exact) mass is 262 g/mol. The van der Waals surface area contributed by atoms with Crippen LogP contribution in [0.2, 0.25) is 0 Å². The first kappa shape index (κ1) is 12.6. The zero-order chi connectivity index (χ0) is 13.3. The van der Waals surface area contributed by atoms with Crippen molar-refractivity contribution in [1.29, 1.82) is 0 Å². The molecule has 1 amide bonds. The van der Waals surface area contributed by atoms with Gasteiger partial charge in [-0.1, -0.05) is 0 Å². The molecule has 1 aromatic carbocycles. The maximum Gasteiger partial charge on any atom is 0.234 e. The third kappa shape index (κ3) is 2.25. The van der Waals surface area contributed by atoms with Crippen LogP contribution < -0.4 is 10.2 Å². The Morgan fingerprint density at radius 2 is 1.89 bits per heavy atom. The van der Waals surface area contributed by atoms with E-state index in [1.54, 1.807) is 12.1 Å². The van der Waals surface area contributed by atoms with Gasteiger partial charge in [-0.15, -0.1) is 0 Å². The predicted octanol–water partition coefficient (Wildman–Crippen LogP) is 2.32. The van der Waals surface area contributed by atoms with E-state index >= 15 is 0 Å². The fourth-order valence-corrected chi connectivity index (χ4v) is 3.30. The molecule has 1 N–H and O–H groups in total. The largest absolute Gasteiger partial charge is 0.316 e. The average Bonchev–Trinajstić information content (AvgIpc) is 2.44. The van der Waals surface area contributed by atoms with Crippen LogP contribution in [0.3, 0.4) is 0 Å². The molecule has 2 saturated heterocycles. The van der Waals surface area contributed by atoms with Gasteiger partial charge in [-0.05, 0) is 56.5 Å². The molecular formula is C15H19FN2O. The molecule has 0 radical (unpaired) electrons. The Hall–Kier alpha value is -1.42. The van der Waals surface area contributed by atoms with Crippen LogP contribution >= 0.6 is 0 Å². The second-order valence-electron chi connectivity index (χ2n) is 5.60. The molecule has 1 aromatic rings. The van der Waals surface area contributed by atoms with Gasteiger partial charge in [-0.25, -0.2) is 4.39 Å². The maximum absolute atomic E-state index is 13.0. The van der Waals surface area contributed by atoms with Crippen molar-refractivity contribution in [2.45, 2.75) is 25.7 Å². The molecule has 1 spiro atoms. The Morgan fingerprint density at radius 3 is 2.58 bits per heavy atom. The van der Waals surface area contributed by atoms with Crippen LogP contribution in [0.5, 0.6) is 0 Å². The standard InChI is InChI=1S/C15H19FN2O/c16-12-3-5-13(6-4-12)18-10-2-8-15(14(18)19)7-1-9-17-11-15/h3-6,17H,1-2,7-11H2/t15-/m0/s1. The Labute approximate surface area is 112 Å². The van der Waals surface area contributed by atoms with E-state index in [9.17, 15) is 9.18 Å². The SMILES string of the molecule is O=C1N(c2ccc(F)cc2)CCC[C@]12CCCNC2. The van der Waals surface area contributed by atoms with E-state index in [-0.39, 0.29) is 17.1 Å². The number of benzene rings is 1. The Morgan fingerprint density at radius 1 is 1.16 bits per heavy atom. The Kier molecular flexibility index (Phi) is 3.27. The summed E-state index contributed by atoms with van der Waals surface area (Å²) in [5.41, 5.74) is 0.585. The van der Waals surface area contributed by atoms with Gasteiger partial charge < -0.3 is 10.2 Å². The lowest BCUT2D eigenvalue weighted by Gasteiger charge is -2.44. The first-order chi connectivity index (χ1) is 9.21. The molecule has 0 unspecified atom stereocenters. The third-order valence-electron chi connectivity index (χ3n) is 4.35. The molecule has 4 heteroatoms. The molecule has 0 saturated carbocycles. The van der Waals surface area contributed by atoms with Gasteiger partial charge in [0.15, 0.2) is 0 Å². The molecule has 19 heavy (non-hydrogen) atoms. The number of halogens is 1. The first-order valence-corrected chi connectivity index (χ1v) is 7.00. The lowest BCUT2D eigenvalue weighted by Crippen LogP contribution is -2.55. The maximum atomic E-state index is 13.0. The fraction of sp³-hybridized carbons (Fsp3) is 0.533. The van der Waals surface area contributed by atoms with Gasteiger partial charge in [-0.2, -0.15) is 0 Å². The summed E-state index contributed by atoms with van der Waals surface area (Å²) >= 11 is 0. The highest BCUT2D eigenvalue weighted by molar-refractivity contribution is 5.98. The van der Waals surface area contributed by atoms with Gasteiger partial charge in [0.25, 0.3) is 0 Å². The van der Waals surface area contributed by atoms with Crippen molar-refractivity contribution in [1.82, 2.24) is 5.32 Å². The number of hydrogen-bond acceptors (Lipinski definition) is 2. The highest BCUT2D eigenvalue weighted by atomic mass is 19.1. The van der Waals surface area contributed by atoms with E-state index in [2.05, 4.69) is 5.32 Å². The molecule has 0 aromatic heterocycles. The van der Waals surface area contributed by atoms with Crippen LogP contribution in [0.25, 0.3) is 0 Å². The minimum atomic E-state index is -0.262. The Bertz CT molecular complexity index is 460. The lowest BCUT2D eigenvalue weighted by molar-refractivity contribution is -0.131. The van der Waals surface area contributed by atoms with Gasteiger partial charge in [0.1, 0.15) is 5.82 Å². The third-order valence-corrected chi connectivity index (χ3v) is 4.35. The van der Waals surface area contributed by atoms with Crippen LogP contribution in [-0.2, 0) is 4.79 Å². The summed E-state index contributed by atoms with van der Waals surface area (Å²) in [7, 11) is 0. The van der Waals surface area contributed by atoms with E-state index in [1.807, 2.05) is 4.90 Å². The van der Waals surface area contributed by atoms with E-state index in [0.717, 1.165) is 51.0 Å². The topological polar surface area (TPSA) is 32.3 Å². The molecule has 2 fully saturated rings. The van der Waals surface area contributed by atoms with Gasteiger partial charge >= 0.3 is 0 Å². The summed E-state index contributed by atoms with van der Waals surface area (Å²) in [5.74, 6) is -0.0557. The van der Waals surface area contributed by atoms with E-state index in [4.69, 9.17) is 0 Å². The normalized spacial score (nSPS) is 27.8. The zero-order valence-corrected chi connectivity index (χ0v) is 11.0. The second-order valence-corrected chi connectivity index (χ2v) is 5.60. The number of nitrogens with zero attached hydrogens (tertiary/aromatic N) is 1. The number of hydrogen-bond donors (Lipinski definition) is 1. The number of rotatable bonds is 1. The number of carbonyl (C=O) groups excluding carboxylic acids is 1. The smallest absolute Gasteiger partial charge is 0.234 e. The van der Waals surface area contributed by atoms with Crippen LogP contribution in [-0.4, -0.2) is 25.5 Å². The molecular weight excluding hydrogens is 243 g/mol. The van der Waals surface area contributed by atoms with Crippen molar-refractivity contribution in [2.75, 3.05) is 24.5 Å². The molecule has 2 heterocycles. The van der Waals surface area contributed by atoms with Crippen molar-refractivity contribution in [3.05, 3.63) is 30.1 Å². The fourth-order valence-electron chi connectivity index (χ4n) is 3.30. The number of carbonyl (C=O) groups is 1. The predicted molar refractivity (Wildman–Crippen MR) is 72.5 cm³/mol. The number of amides is 1. The molecule has 3 rings (SSSR count). The summed E-state index contributed by atoms with van der Waals surface area (Å²) in [6, 6.07) is 6.23. The molecule has 0 bridgehead atoms. The molecule has 0 aliphatic carbocycles. The summed E-state index contributed by atoms with van der Waals surface area (Å²) in [6.07, 6.45) is 4.01. The summed E-state index contributed by atoms with van der Waals surface area (Å²) in [5, 5.41) is 3.35. The van der Waals surface area contributed by atoms with Crippen molar-refractivity contribution in [2.24, 2.45) is 5.41 Å². The molecule has 2 aliphatic heterocycles. The van der Waals surface area contributed by atoms with E-state index in [1.165, 1.54) is 12.1 Å². The molecule has 1 atom stereocenters. The summed E-state index contributed by atoms with van der Waals surface area (Å²) in [6.45, 7) is 2.53. The first-order valence-electron chi connectivity index (χ1n) is 7.00. The number of nitrogens with one attached hydrogen (secondary N) is 1. The van der Waals surface area contributed by atoms with Crippen molar-refractivity contribution >= 4 is 11.6 Å². The average molecular weight is 262 g/mol. The number of piperidine rings is 2. The summed E-state index contributed by atoms with van der Waals surface area (Å²) in [4.78, 5) is 14.6. The van der Waals surface area contributed by atoms with E-state index in [0.29, 0.717) is 0 Å². The highest BCUT2D eigenvalue weighted by Crippen LogP contribution is 2.38. The van der Waals surface area contributed by atoms with Crippen LogP contribution in [0, 0.1) is 11.2 Å². The Balaban J connectivity index is 1.86. The van der Waals surface area contributed by atoms with Crippen molar-refractivity contribution < 1.29 is 9.18 Å². The molecule has 2 aliphatic rings. The minimum Gasteiger partial charge on any atom is -0.316 e. The summed E-state index contributed by atoms with van der Waals surface area (Å²) < 4.78 is 13.0. The van der Waals surface area contributed by atoms with Gasteiger partial charge in [-0.3, -0.25) is 4.79 Å². The van der Waals surface area contributed by atoms with Gasteiger partial charge in [0.05, 0.1) is 5.41 Å². The molecule has 3 nitrogen and oxygen atoms in total. The van der Waals surface area contributed by atoms with Crippen molar-refractivity contribution in [3.63, 3.8) is 0 Å². The molecule has 102 valence electrons. The minimum absolute atomic E-state index is 0.206. The van der Waals surface area contributed by atoms with Crippen LogP contribution in [0.4, 0.5) is 10.1 Å². The van der Waals surface area contributed by atoms with Crippen molar-refractivity contribution in [3.8, 4) is 0 Å². The van der Waals surface area contributed by atoms with E-state index < -0.39 is 0 Å².